The topological polar surface area (TPSA) is 102 Å². The van der Waals surface area contributed by atoms with E-state index in [0.29, 0.717) is 16.6 Å². The fraction of sp³-hybridized carbons (Fsp3) is 0.231. The predicted molar refractivity (Wildman–Crippen MR) is 86.2 cm³/mol. The van der Waals surface area contributed by atoms with Gasteiger partial charge in [-0.05, 0) is 0 Å². The fourth-order valence-electron chi connectivity index (χ4n) is 2.16. The summed E-state index contributed by atoms with van der Waals surface area (Å²) in [5.41, 5.74) is 13.0. The average Bonchev–Trinajstić information content (AvgIpc) is 3.14. The molecule has 2 heterocycles. The molecule has 1 aromatic carbocycles. The highest BCUT2D eigenvalue weighted by Crippen LogP contribution is 2.32. The summed E-state index contributed by atoms with van der Waals surface area (Å²) in [5.74, 6) is 1.56. The van der Waals surface area contributed by atoms with Gasteiger partial charge in [0, 0.05) is 29.8 Å². The largest absolute Gasteiger partial charge is 0.497 e. The molecule has 2 aromatic rings. The Kier molecular flexibility index (Phi) is 3.73. The number of nitrogens with two attached hydrogens (primary N) is 2. The zero-order valence-corrected chi connectivity index (χ0v) is 12.9. The number of methoxy groups -OCH3 is 2. The minimum absolute atomic E-state index is 0.276. The highest BCUT2D eigenvalue weighted by molar-refractivity contribution is 7.13. The Labute approximate surface area is 131 Å². The highest BCUT2D eigenvalue weighted by atomic mass is 32.1. The van der Waals surface area contributed by atoms with Gasteiger partial charge in [-0.15, -0.1) is 16.4 Å². The Morgan fingerprint density at radius 2 is 1.86 bits per heavy atom. The third-order valence-corrected chi connectivity index (χ3v) is 3.96. The number of ether oxygens (including phenoxy) is 2. The highest BCUT2D eigenvalue weighted by Gasteiger charge is 2.33. The first kappa shape index (κ1) is 14.4. The van der Waals surface area contributed by atoms with E-state index in [2.05, 4.69) is 10.1 Å². The maximum absolute atomic E-state index is 6.26. The molecule has 1 aliphatic rings. The van der Waals surface area contributed by atoms with Gasteiger partial charge in [0.1, 0.15) is 11.5 Å². The van der Waals surface area contributed by atoms with Crippen molar-refractivity contribution in [2.24, 2.45) is 16.6 Å². The van der Waals surface area contributed by atoms with E-state index in [1.807, 2.05) is 17.5 Å². The van der Waals surface area contributed by atoms with E-state index in [0.717, 1.165) is 5.69 Å². The molecule has 0 amide bonds. The van der Waals surface area contributed by atoms with Crippen LogP contribution in [0.2, 0.25) is 0 Å². The van der Waals surface area contributed by atoms with Crippen LogP contribution in [0.25, 0.3) is 0 Å². The summed E-state index contributed by atoms with van der Waals surface area (Å²) in [4.78, 5) is 5.89. The van der Waals surface area contributed by atoms with Gasteiger partial charge in [-0.2, -0.15) is 5.01 Å². The Hall–Kier alpha value is -2.52. The average molecular weight is 320 g/mol. The summed E-state index contributed by atoms with van der Waals surface area (Å²) >= 11 is 1.43. The molecule has 0 saturated heterocycles. The van der Waals surface area contributed by atoms with E-state index in [1.54, 1.807) is 36.4 Å². The molecule has 1 aliphatic heterocycles. The zero-order chi connectivity index (χ0) is 15.7. The summed E-state index contributed by atoms with van der Waals surface area (Å²) in [5, 5.41) is 8.38. The van der Waals surface area contributed by atoms with Crippen LogP contribution in [0.5, 0.6) is 11.5 Å². The van der Waals surface area contributed by atoms with Crippen molar-refractivity contribution in [1.82, 2.24) is 4.98 Å². The van der Waals surface area contributed by atoms with E-state index < -0.39 is 6.29 Å². The van der Waals surface area contributed by atoms with E-state index in [9.17, 15) is 0 Å². The lowest BCUT2D eigenvalue weighted by Gasteiger charge is -2.26. The van der Waals surface area contributed by atoms with Gasteiger partial charge < -0.3 is 15.2 Å². The number of nitrogens with zero attached hydrogens (tertiary/aromatic N) is 4. The molecular weight excluding hydrogens is 304 g/mol. The summed E-state index contributed by atoms with van der Waals surface area (Å²) in [7, 11) is 3.17. The smallest absolute Gasteiger partial charge is 0.221 e. The number of guanidine groups is 1. The minimum Gasteiger partial charge on any atom is -0.497 e. The first-order valence-electron chi connectivity index (χ1n) is 6.44. The van der Waals surface area contributed by atoms with Gasteiger partial charge in [0.25, 0.3) is 0 Å². The third-order valence-electron chi connectivity index (χ3n) is 3.20. The van der Waals surface area contributed by atoms with Crippen LogP contribution in [0.15, 0.2) is 34.9 Å². The molecule has 1 aromatic heterocycles. The summed E-state index contributed by atoms with van der Waals surface area (Å²) in [6.45, 7) is 0. The fourth-order valence-corrected chi connectivity index (χ4v) is 2.79. The van der Waals surface area contributed by atoms with Gasteiger partial charge in [0.15, 0.2) is 6.29 Å². The van der Waals surface area contributed by atoms with Gasteiger partial charge in [-0.3, -0.25) is 10.6 Å². The SMILES string of the molecule is COc1cc(OC)cc(N2C(N)=NN(c3nccs3)C2N)c1. The zero-order valence-electron chi connectivity index (χ0n) is 12.1. The number of rotatable bonds is 4. The molecular formula is C13H16N6O2S. The van der Waals surface area contributed by atoms with Crippen LogP contribution in [0, 0.1) is 0 Å². The molecule has 4 N–H and O–H groups in total. The second-order valence-corrected chi connectivity index (χ2v) is 5.34. The predicted octanol–water partition coefficient (Wildman–Crippen LogP) is 0.959. The van der Waals surface area contributed by atoms with Crippen molar-refractivity contribution >= 4 is 28.1 Å². The van der Waals surface area contributed by atoms with Crippen LogP contribution < -0.4 is 30.8 Å². The van der Waals surface area contributed by atoms with E-state index >= 15 is 0 Å². The van der Waals surface area contributed by atoms with Crippen LogP contribution in [0.4, 0.5) is 10.8 Å². The molecule has 116 valence electrons. The summed E-state index contributed by atoms with van der Waals surface area (Å²) in [6, 6.07) is 5.41. The van der Waals surface area contributed by atoms with Crippen molar-refractivity contribution in [3.8, 4) is 11.5 Å². The molecule has 8 nitrogen and oxygen atoms in total. The number of hydrogen-bond donors (Lipinski definition) is 2. The van der Waals surface area contributed by atoms with E-state index in [4.69, 9.17) is 20.9 Å². The molecule has 1 unspecified atom stereocenters. The van der Waals surface area contributed by atoms with E-state index in [-0.39, 0.29) is 5.96 Å². The van der Waals surface area contributed by atoms with Crippen molar-refractivity contribution in [2.45, 2.75) is 6.29 Å². The van der Waals surface area contributed by atoms with Gasteiger partial charge in [-0.1, -0.05) is 0 Å². The molecule has 0 aliphatic carbocycles. The lowest BCUT2D eigenvalue weighted by atomic mass is 10.2. The second kappa shape index (κ2) is 5.70. The van der Waals surface area contributed by atoms with Crippen LogP contribution in [0.3, 0.4) is 0 Å². The lowest BCUT2D eigenvalue weighted by Crippen LogP contribution is -2.50. The first-order chi connectivity index (χ1) is 10.6. The lowest BCUT2D eigenvalue weighted by molar-refractivity contribution is 0.394. The normalized spacial score (nSPS) is 17.6. The summed E-state index contributed by atoms with van der Waals surface area (Å²) in [6.07, 6.45) is 1.10. The molecule has 3 rings (SSSR count). The molecule has 9 heteroatoms. The van der Waals surface area contributed by atoms with Gasteiger partial charge in [-0.25, -0.2) is 4.98 Å². The number of benzene rings is 1. The molecule has 0 fully saturated rings. The van der Waals surface area contributed by atoms with Gasteiger partial charge in [0.2, 0.25) is 11.1 Å². The van der Waals surface area contributed by atoms with Crippen molar-refractivity contribution in [3.63, 3.8) is 0 Å². The van der Waals surface area contributed by atoms with Crippen LogP contribution in [-0.2, 0) is 0 Å². The Bertz CT molecular complexity index is 668. The van der Waals surface area contributed by atoms with Crippen LogP contribution in [0.1, 0.15) is 0 Å². The number of thiazole rings is 1. The number of aromatic nitrogens is 1. The minimum atomic E-state index is -0.594. The van der Waals surface area contributed by atoms with E-state index in [1.165, 1.54) is 11.3 Å². The first-order valence-corrected chi connectivity index (χ1v) is 7.32. The Balaban J connectivity index is 1.97. The van der Waals surface area contributed by atoms with Crippen molar-refractivity contribution < 1.29 is 9.47 Å². The number of anilines is 2. The molecule has 0 radical (unpaired) electrons. The molecule has 0 bridgehead atoms. The Morgan fingerprint density at radius 3 is 2.41 bits per heavy atom. The number of hydrazone groups is 1. The third kappa shape index (κ3) is 2.40. The maximum atomic E-state index is 6.26. The van der Waals surface area contributed by atoms with Crippen LogP contribution in [-0.4, -0.2) is 31.5 Å². The Morgan fingerprint density at radius 1 is 1.18 bits per heavy atom. The van der Waals surface area contributed by atoms with Crippen molar-refractivity contribution in [2.75, 3.05) is 24.1 Å². The van der Waals surface area contributed by atoms with Crippen molar-refractivity contribution in [1.29, 1.82) is 0 Å². The number of hydrogen-bond acceptors (Lipinski definition) is 9. The quantitative estimate of drug-likeness (QED) is 0.865. The molecule has 22 heavy (non-hydrogen) atoms. The second-order valence-electron chi connectivity index (χ2n) is 4.47. The van der Waals surface area contributed by atoms with Crippen molar-refractivity contribution in [3.05, 3.63) is 29.8 Å². The molecule has 1 atom stereocenters. The van der Waals surface area contributed by atoms with Gasteiger partial charge >= 0.3 is 0 Å². The maximum Gasteiger partial charge on any atom is 0.221 e. The standard InChI is InChI=1S/C13H16N6O2S/c1-20-9-5-8(6-10(7-9)21-2)18-11(14)17-19(12(18)15)13-16-3-4-22-13/h3-7,12H,15H2,1-2H3,(H2,14,17). The monoisotopic (exact) mass is 320 g/mol. The molecule has 0 spiro atoms. The molecule has 0 saturated carbocycles. The summed E-state index contributed by atoms with van der Waals surface area (Å²) < 4.78 is 10.5. The van der Waals surface area contributed by atoms with Crippen LogP contribution >= 0.6 is 11.3 Å². The van der Waals surface area contributed by atoms with Gasteiger partial charge in [0.05, 0.1) is 19.9 Å².